The lowest BCUT2D eigenvalue weighted by Crippen LogP contribution is -2.22. The zero-order valence-corrected chi connectivity index (χ0v) is 12.4. The second kappa shape index (κ2) is 5.53. The van der Waals surface area contributed by atoms with E-state index in [0.717, 1.165) is 22.5 Å². The molecule has 0 aliphatic heterocycles. The Bertz CT molecular complexity index is 792. The number of imidazole rings is 1. The van der Waals surface area contributed by atoms with Gasteiger partial charge in [-0.2, -0.15) is 0 Å². The third-order valence-electron chi connectivity index (χ3n) is 3.15. The summed E-state index contributed by atoms with van der Waals surface area (Å²) in [5.74, 6) is -0.144. The highest BCUT2D eigenvalue weighted by Crippen LogP contribution is 2.24. The van der Waals surface area contributed by atoms with Crippen molar-refractivity contribution in [2.45, 2.75) is 20.0 Å². The average Bonchev–Trinajstić information content (AvgIpc) is 3.08. The molecule has 0 saturated heterocycles. The largest absolute Gasteiger partial charge is 0.375 e. The van der Waals surface area contributed by atoms with Crippen molar-refractivity contribution in [3.8, 4) is 0 Å². The molecule has 0 saturated carbocycles. The predicted octanol–water partition coefficient (Wildman–Crippen LogP) is 2.02. The highest BCUT2D eigenvalue weighted by atomic mass is 32.1. The van der Waals surface area contributed by atoms with Gasteiger partial charge < -0.3 is 15.6 Å². The van der Waals surface area contributed by atoms with Crippen LogP contribution in [0.1, 0.15) is 23.0 Å². The van der Waals surface area contributed by atoms with Crippen LogP contribution in [0.15, 0.2) is 30.7 Å². The van der Waals surface area contributed by atoms with E-state index in [1.54, 1.807) is 18.5 Å². The topological polar surface area (TPSA) is 85.8 Å². The van der Waals surface area contributed by atoms with Crippen molar-refractivity contribution in [1.82, 2.24) is 19.9 Å². The van der Waals surface area contributed by atoms with Crippen LogP contribution in [0.25, 0.3) is 10.2 Å². The van der Waals surface area contributed by atoms with Crippen LogP contribution in [0.3, 0.4) is 0 Å². The first kappa shape index (κ1) is 13.6. The van der Waals surface area contributed by atoms with Crippen LogP contribution in [0.5, 0.6) is 0 Å². The molecule has 2 heterocycles. The summed E-state index contributed by atoms with van der Waals surface area (Å²) < 4.78 is 2.94. The number of nitrogen functional groups attached to an aromatic ring is 1. The van der Waals surface area contributed by atoms with E-state index in [-0.39, 0.29) is 5.91 Å². The van der Waals surface area contributed by atoms with Crippen molar-refractivity contribution in [2.24, 2.45) is 0 Å². The molecule has 0 aliphatic carbocycles. The number of amides is 1. The standard InChI is InChI=1S/C14H15N5OS/c1-2-19-7-10(17-8-19)6-16-13(20)9-3-4-12-11(5-9)18-14(15)21-12/h3-5,7-8H,2,6H2,1H3,(H2,15,18)(H,16,20). The Labute approximate surface area is 125 Å². The van der Waals surface area contributed by atoms with Gasteiger partial charge in [0, 0.05) is 18.3 Å². The highest BCUT2D eigenvalue weighted by molar-refractivity contribution is 7.22. The monoisotopic (exact) mass is 301 g/mol. The predicted molar refractivity (Wildman–Crippen MR) is 83.1 cm³/mol. The van der Waals surface area contributed by atoms with Gasteiger partial charge in [-0.15, -0.1) is 0 Å². The fourth-order valence-corrected chi connectivity index (χ4v) is 2.74. The van der Waals surface area contributed by atoms with Gasteiger partial charge in [0.05, 0.1) is 28.8 Å². The van der Waals surface area contributed by atoms with E-state index in [4.69, 9.17) is 5.73 Å². The van der Waals surface area contributed by atoms with Gasteiger partial charge in [0.2, 0.25) is 0 Å². The molecule has 108 valence electrons. The molecule has 1 aromatic carbocycles. The van der Waals surface area contributed by atoms with Crippen molar-refractivity contribution < 1.29 is 4.79 Å². The molecule has 2 aromatic heterocycles. The second-order valence-corrected chi connectivity index (χ2v) is 5.67. The fourth-order valence-electron chi connectivity index (χ4n) is 2.03. The first-order valence-corrected chi connectivity index (χ1v) is 7.42. The first-order chi connectivity index (χ1) is 10.2. The van der Waals surface area contributed by atoms with Gasteiger partial charge in [-0.1, -0.05) is 11.3 Å². The van der Waals surface area contributed by atoms with E-state index in [9.17, 15) is 4.79 Å². The molecular formula is C14H15N5OS. The molecule has 3 rings (SSSR count). The van der Waals surface area contributed by atoms with Crippen LogP contribution in [-0.2, 0) is 13.1 Å². The van der Waals surface area contributed by atoms with Gasteiger partial charge in [0.25, 0.3) is 5.91 Å². The fraction of sp³-hybridized carbons (Fsp3) is 0.214. The maximum absolute atomic E-state index is 12.1. The van der Waals surface area contributed by atoms with Crippen molar-refractivity contribution in [3.05, 3.63) is 42.0 Å². The van der Waals surface area contributed by atoms with Crippen LogP contribution in [-0.4, -0.2) is 20.4 Å². The Kier molecular flexibility index (Phi) is 3.57. The number of carbonyl (C=O) groups is 1. The van der Waals surface area contributed by atoms with E-state index in [1.165, 1.54) is 11.3 Å². The smallest absolute Gasteiger partial charge is 0.251 e. The normalized spacial score (nSPS) is 10.9. The molecule has 0 aliphatic rings. The van der Waals surface area contributed by atoms with Gasteiger partial charge in [-0.3, -0.25) is 4.79 Å². The molecule has 0 spiro atoms. The van der Waals surface area contributed by atoms with Gasteiger partial charge in [-0.05, 0) is 25.1 Å². The number of nitrogens with two attached hydrogens (primary N) is 1. The molecule has 21 heavy (non-hydrogen) atoms. The molecule has 0 unspecified atom stereocenters. The Morgan fingerprint density at radius 1 is 1.48 bits per heavy atom. The third-order valence-corrected chi connectivity index (χ3v) is 4.01. The summed E-state index contributed by atoms with van der Waals surface area (Å²) in [5, 5.41) is 3.36. The molecule has 6 nitrogen and oxygen atoms in total. The maximum Gasteiger partial charge on any atom is 0.251 e. The van der Waals surface area contributed by atoms with Gasteiger partial charge in [0.15, 0.2) is 5.13 Å². The number of rotatable bonds is 4. The van der Waals surface area contributed by atoms with E-state index < -0.39 is 0 Å². The molecule has 1 amide bonds. The van der Waals surface area contributed by atoms with Crippen LogP contribution in [0.4, 0.5) is 5.13 Å². The number of nitrogens with one attached hydrogen (secondary N) is 1. The number of nitrogens with zero attached hydrogens (tertiary/aromatic N) is 3. The van der Waals surface area contributed by atoms with Crippen LogP contribution < -0.4 is 11.1 Å². The van der Waals surface area contributed by atoms with Crippen molar-refractivity contribution >= 4 is 32.6 Å². The minimum absolute atomic E-state index is 0.144. The van der Waals surface area contributed by atoms with Gasteiger partial charge in [0.1, 0.15) is 0 Å². The molecule has 3 aromatic rings. The number of hydrogen-bond donors (Lipinski definition) is 2. The van der Waals surface area contributed by atoms with Crippen LogP contribution >= 0.6 is 11.3 Å². The number of hydrogen-bond acceptors (Lipinski definition) is 5. The minimum atomic E-state index is -0.144. The molecule has 0 bridgehead atoms. The molecule has 7 heteroatoms. The number of carbonyl (C=O) groups excluding carboxylic acids is 1. The minimum Gasteiger partial charge on any atom is -0.375 e. The van der Waals surface area contributed by atoms with E-state index in [0.29, 0.717) is 17.2 Å². The Hall–Kier alpha value is -2.41. The lowest BCUT2D eigenvalue weighted by Gasteiger charge is -2.03. The molecule has 0 atom stereocenters. The summed E-state index contributed by atoms with van der Waals surface area (Å²) in [4.78, 5) is 20.6. The quantitative estimate of drug-likeness (QED) is 0.772. The van der Waals surface area contributed by atoms with Crippen molar-refractivity contribution in [2.75, 3.05) is 5.73 Å². The zero-order chi connectivity index (χ0) is 14.8. The SMILES string of the molecule is CCn1cnc(CNC(=O)c2ccc3sc(N)nc3c2)c1. The second-order valence-electron chi connectivity index (χ2n) is 4.61. The Morgan fingerprint density at radius 3 is 3.10 bits per heavy atom. The molecule has 0 radical (unpaired) electrons. The zero-order valence-electron chi connectivity index (χ0n) is 11.5. The summed E-state index contributed by atoms with van der Waals surface area (Å²) in [6, 6.07) is 5.40. The van der Waals surface area contributed by atoms with Crippen LogP contribution in [0.2, 0.25) is 0 Å². The number of thiazole rings is 1. The summed E-state index contributed by atoms with van der Waals surface area (Å²) in [6.45, 7) is 3.31. The summed E-state index contributed by atoms with van der Waals surface area (Å²) in [6.07, 6.45) is 3.68. The maximum atomic E-state index is 12.1. The first-order valence-electron chi connectivity index (χ1n) is 6.60. The summed E-state index contributed by atoms with van der Waals surface area (Å²) >= 11 is 1.41. The number of aromatic nitrogens is 3. The van der Waals surface area contributed by atoms with E-state index in [2.05, 4.69) is 15.3 Å². The molecular weight excluding hydrogens is 286 g/mol. The number of aryl methyl sites for hydroxylation is 1. The average molecular weight is 301 g/mol. The van der Waals surface area contributed by atoms with E-state index in [1.807, 2.05) is 23.8 Å². The highest BCUT2D eigenvalue weighted by Gasteiger charge is 2.09. The van der Waals surface area contributed by atoms with Crippen molar-refractivity contribution in [1.29, 1.82) is 0 Å². The Balaban J connectivity index is 1.71. The molecule has 0 fully saturated rings. The third kappa shape index (κ3) is 2.87. The molecule has 3 N–H and O–H groups in total. The lowest BCUT2D eigenvalue weighted by atomic mass is 10.2. The summed E-state index contributed by atoms with van der Waals surface area (Å²) in [5.41, 5.74) is 7.82. The lowest BCUT2D eigenvalue weighted by molar-refractivity contribution is 0.0950. The van der Waals surface area contributed by atoms with Crippen molar-refractivity contribution in [3.63, 3.8) is 0 Å². The summed E-state index contributed by atoms with van der Waals surface area (Å²) in [7, 11) is 0. The number of fused-ring (bicyclic) bond motifs is 1. The van der Waals surface area contributed by atoms with Gasteiger partial charge >= 0.3 is 0 Å². The van der Waals surface area contributed by atoms with Crippen LogP contribution in [0, 0.1) is 0 Å². The Morgan fingerprint density at radius 2 is 2.33 bits per heavy atom. The number of benzene rings is 1. The van der Waals surface area contributed by atoms with Gasteiger partial charge in [-0.25, -0.2) is 9.97 Å². The number of anilines is 1. The van der Waals surface area contributed by atoms with E-state index >= 15 is 0 Å².